The van der Waals surface area contributed by atoms with Gasteiger partial charge in [0.2, 0.25) is 0 Å². The normalized spacial score (nSPS) is 13.1. The van der Waals surface area contributed by atoms with Crippen LogP contribution in [0, 0.1) is 0 Å². The first-order valence-electron chi connectivity index (χ1n) is 7.37. The number of ether oxygens (including phenoxy) is 1. The number of amides is 1. The van der Waals surface area contributed by atoms with Gasteiger partial charge in [0.15, 0.2) is 0 Å². The van der Waals surface area contributed by atoms with Gasteiger partial charge in [0.05, 0.1) is 17.4 Å². The van der Waals surface area contributed by atoms with Gasteiger partial charge in [0.1, 0.15) is 5.60 Å². The number of nitrogens with one attached hydrogen (secondary N) is 1. The van der Waals surface area contributed by atoms with Gasteiger partial charge in [-0.3, -0.25) is 0 Å². The molecule has 6 heteroatoms. The number of hydrogen-bond acceptors (Lipinski definition) is 4. The Morgan fingerprint density at radius 3 is 2.86 bits per heavy atom. The number of fused-ring (bicyclic) bond motifs is 1. The molecule has 0 bridgehead atoms. The molecule has 1 amide bonds. The van der Waals surface area contributed by atoms with Gasteiger partial charge < -0.3 is 20.4 Å². The molecule has 0 aliphatic heterocycles. The number of rotatable bonds is 4. The molecule has 2 aromatic rings. The zero-order valence-corrected chi connectivity index (χ0v) is 13.6. The maximum atomic E-state index is 11.6. The van der Waals surface area contributed by atoms with Gasteiger partial charge in [-0.25, -0.2) is 9.78 Å². The van der Waals surface area contributed by atoms with E-state index in [-0.39, 0.29) is 6.04 Å². The molecule has 22 heavy (non-hydrogen) atoms. The van der Waals surface area contributed by atoms with Crippen LogP contribution in [-0.2, 0) is 18.2 Å². The van der Waals surface area contributed by atoms with Crippen LogP contribution in [-0.4, -0.2) is 33.8 Å². The van der Waals surface area contributed by atoms with Crippen molar-refractivity contribution in [2.24, 2.45) is 12.8 Å². The second-order valence-corrected chi connectivity index (χ2v) is 6.53. The summed E-state index contributed by atoms with van der Waals surface area (Å²) in [5.74, 6) is 0. The van der Waals surface area contributed by atoms with Crippen LogP contribution in [0.15, 0.2) is 24.5 Å². The van der Waals surface area contributed by atoms with E-state index in [1.54, 1.807) is 6.33 Å². The number of aromatic nitrogens is 2. The van der Waals surface area contributed by atoms with Crippen molar-refractivity contribution in [2.45, 2.75) is 38.8 Å². The average molecular weight is 304 g/mol. The highest BCUT2D eigenvalue weighted by Gasteiger charge is 2.16. The van der Waals surface area contributed by atoms with Crippen LogP contribution in [0.25, 0.3) is 11.0 Å². The Bertz CT molecular complexity index is 658. The van der Waals surface area contributed by atoms with Crippen molar-refractivity contribution < 1.29 is 9.53 Å². The van der Waals surface area contributed by atoms with Gasteiger partial charge >= 0.3 is 6.09 Å². The van der Waals surface area contributed by atoms with Gasteiger partial charge in [-0.1, -0.05) is 6.07 Å². The highest BCUT2D eigenvalue weighted by Crippen LogP contribution is 2.14. The Hall–Kier alpha value is -2.08. The summed E-state index contributed by atoms with van der Waals surface area (Å²) >= 11 is 0. The van der Waals surface area contributed by atoms with Crippen molar-refractivity contribution >= 4 is 17.1 Å². The number of nitrogens with zero attached hydrogens (tertiary/aromatic N) is 2. The molecule has 0 aliphatic rings. The van der Waals surface area contributed by atoms with E-state index in [1.807, 2.05) is 50.6 Å². The lowest BCUT2D eigenvalue weighted by molar-refractivity contribution is 0.0524. The van der Waals surface area contributed by atoms with Crippen molar-refractivity contribution in [1.82, 2.24) is 14.9 Å². The molecule has 0 radical (unpaired) electrons. The Kier molecular flexibility index (Phi) is 4.71. The predicted octanol–water partition coefficient (Wildman–Crippen LogP) is 1.97. The molecule has 3 N–H and O–H groups in total. The lowest BCUT2D eigenvalue weighted by Gasteiger charge is -2.20. The van der Waals surface area contributed by atoms with Crippen LogP contribution in [0.3, 0.4) is 0 Å². The lowest BCUT2D eigenvalue weighted by atomic mass is 10.1. The molecule has 1 aromatic carbocycles. The lowest BCUT2D eigenvalue weighted by Crippen LogP contribution is -2.41. The minimum atomic E-state index is -0.502. The van der Waals surface area contributed by atoms with Gasteiger partial charge in [-0.05, 0) is 44.9 Å². The number of aryl methyl sites for hydroxylation is 1. The smallest absolute Gasteiger partial charge is 0.407 e. The van der Waals surface area contributed by atoms with E-state index in [2.05, 4.69) is 10.3 Å². The average Bonchev–Trinajstić information content (AvgIpc) is 2.76. The summed E-state index contributed by atoms with van der Waals surface area (Å²) in [6.45, 7) is 5.85. The summed E-state index contributed by atoms with van der Waals surface area (Å²) in [4.78, 5) is 15.9. The zero-order chi connectivity index (χ0) is 16.3. The van der Waals surface area contributed by atoms with Gasteiger partial charge in [0.25, 0.3) is 0 Å². The van der Waals surface area contributed by atoms with E-state index < -0.39 is 11.7 Å². The zero-order valence-electron chi connectivity index (χ0n) is 13.6. The topological polar surface area (TPSA) is 82.2 Å². The molecule has 2 rings (SSSR count). The quantitative estimate of drug-likeness (QED) is 0.904. The van der Waals surface area contributed by atoms with Gasteiger partial charge in [-0.15, -0.1) is 0 Å². The van der Waals surface area contributed by atoms with E-state index in [9.17, 15) is 4.79 Å². The molecule has 1 unspecified atom stereocenters. The van der Waals surface area contributed by atoms with E-state index in [4.69, 9.17) is 10.5 Å². The number of carbonyl (C=O) groups is 1. The molecule has 0 saturated heterocycles. The minimum Gasteiger partial charge on any atom is -0.444 e. The van der Waals surface area contributed by atoms with Crippen LogP contribution >= 0.6 is 0 Å². The molecule has 1 atom stereocenters. The SMILES string of the molecule is Cn1cnc2cc(CC(N)CNC(=O)OC(C)(C)C)ccc21. The van der Waals surface area contributed by atoms with E-state index in [0.717, 1.165) is 16.6 Å². The number of benzene rings is 1. The maximum absolute atomic E-state index is 11.6. The molecule has 120 valence electrons. The van der Waals surface area contributed by atoms with E-state index >= 15 is 0 Å². The summed E-state index contributed by atoms with van der Waals surface area (Å²) in [5, 5.41) is 2.69. The third-order valence-electron chi connectivity index (χ3n) is 3.20. The second-order valence-electron chi connectivity index (χ2n) is 6.53. The fourth-order valence-electron chi connectivity index (χ4n) is 2.21. The van der Waals surface area contributed by atoms with Crippen molar-refractivity contribution in [3.05, 3.63) is 30.1 Å². The number of alkyl carbamates (subject to hydrolysis) is 1. The Morgan fingerprint density at radius 1 is 1.45 bits per heavy atom. The van der Waals surface area contributed by atoms with Crippen LogP contribution < -0.4 is 11.1 Å². The molecule has 0 saturated carbocycles. The summed E-state index contributed by atoms with van der Waals surface area (Å²) in [6.07, 6.45) is 2.02. The molecule has 1 aromatic heterocycles. The first kappa shape index (κ1) is 16.3. The molecule has 0 aliphatic carbocycles. The highest BCUT2D eigenvalue weighted by atomic mass is 16.6. The summed E-state index contributed by atoms with van der Waals surface area (Å²) in [7, 11) is 1.96. The monoisotopic (exact) mass is 304 g/mol. The third kappa shape index (κ3) is 4.46. The molecular formula is C16H24N4O2. The predicted molar refractivity (Wildman–Crippen MR) is 86.6 cm³/mol. The van der Waals surface area contributed by atoms with Gasteiger partial charge in [-0.2, -0.15) is 0 Å². The molecule has 0 spiro atoms. The van der Waals surface area contributed by atoms with E-state index in [1.165, 1.54) is 0 Å². The molecular weight excluding hydrogens is 280 g/mol. The van der Waals surface area contributed by atoms with Crippen LogP contribution in [0.5, 0.6) is 0 Å². The fraction of sp³-hybridized carbons (Fsp3) is 0.500. The Labute approximate surface area is 130 Å². The van der Waals surface area contributed by atoms with Crippen molar-refractivity contribution in [2.75, 3.05) is 6.54 Å². The molecule has 1 heterocycles. The molecule has 0 fully saturated rings. The summed E-state index contributed by atoms with van der Waals surface area (Å²) in [5.41, 5.74) is 8.71. The molecule has 6 nitrogen and oxygen atoms in total. The number of carbonyl (C=O) groups excluding carboxylic acids is 1. The Balaban J connectivity index is 1.88. The van der Waals surface area contributed by atoms with Crippen molar-refractivity contribution in [1.29, 1.82) is 0 Å². The number of imidazole rings is 1. The highest BCUT2D eigenvalue weighted by molar-refractivity contribution is 5.76. The Morgan fingerprint density at radius 2 is 2.18 bits per heavy atom. The first-order chi connectivity index (χ1) is 10.2. The number of nitrogens with two attached hydrogens (primary N) is 1. The summed E-state index contributed by atoms with van der Waals surface area (Å²) in [6, 6.07) is 5.93. The van der Waals surface area contributed by atoms with Crippen LogP contribution in [0.1, 0.15) is 26.3 Å². The standard InChI is InChI=1S/C16H24N4O2/c1-16(2,3)22-15(21)18-9-12(17)7-11-5-6-14-13(8-11)19-10-20(14)4/h5-6,8,10,12H,7,9,17H2,1-4H3,(H,18,21). The minimum absolute atomic E-state index is 0.173. The second kappa shape index (κ2) is 6.36. The van der Waals surface area contributed by atoms with Crippen LogP contribution in [0.2, 0.25) is 0 Å². The largest absolute Gasteiger partial charge is 0.444 e. The first-order valence-corrected chi connectivity index (χ1v) is 7.37. The van der Waals surface area contributed by atoms with E-state index in [0.29, 0.717) is 13.0 Å². The van der Waals surface area contributed by atoms with Crippen molar-refractivity contribution in [3.8, 4) is 0 Å². The fourth-order valence-corrected chi connectivity index (χ4v) is 2.21. The third-order valence-corrected chi connectivity index (χ3v) is 3.20. The maximum Gasteiger partial charge on any atom is 0.407 e. The number of hydrogen-bond donors (Lipinski definition) is 2. The van der Waals surface area contributed by atoms with Gasteiger partial charge in [0, 0.05) is 19.6 Å². The summed E-state index contributed by atoms with van der Waals surface area (Å²) < 4.78 is 7.16. The van der Waals surface area contributed by atoms with Crippen LogP contribution in [0.4, 0.5) is 4.79 Å². The van der Waals surface area contributed by atoms with Crippen molar-refractivity contribution in [3.63, 3.8) is 0 Å².